The van der Waals surface area contributed by atoms with Crippen LogP contribution in [0.4, 0.5) is 8.78 Å². The van der Waals surface area contributed by atoms with E-state index in [0.717, 1.165) is 24.8 Å². The standard InChI is InChI=1S/C13H15ClF2O/c14-13(15,16)12(17)8-10-6-3-5-9-4-1-2-7-11(9)10/h1-2,4,7,10,12,17H,3,5-6,8H2. The van der Waals surface area contributed by atoms with Crippen LogP contribution in [0.25, 0.3) is 0 Å². The molecule has 17 heavy (non-hydrogen) atoms. The highest BCUT2D eigenvalue weighted by Gasteiger charge is 2.37. The van der Waals surface area contributed by atoms with E-state index in [9.17, 15) is 13.9 Å². The van der Waals surface area contributed by atoms with Gasteiger partial charge < -0.3 is 5.11 Å². The zero-order chi connectivity index (χ0) is 12.5. The van der Waals surface area contributed by atoms with Gasteiger partial charge in [0.2, 0.25) is 0 Å². The lowest BCUT2D eigenvalue weighted by Crippen LogP contribution is -2.30. The van der Waals surface area contributed by atoms with Crippen LogP contribution in [0.5, 0.6) is 0 Å². The van der Waals surface area contributed by atoms with E-state index in [1.165, 1.54) is 5.56 Å². The molecule has 1 nitrogen and oxygen atoms in total. The molecule has 0 amide bonds. The van der Waals surface area contributed by atoms with Crippen molar-refractivity contribution in [3.05, 3.63) is 35.4 Å². The molecule has 4 heteroatoms. The number of fused-ring (bicyclic) bond motifs is 1. The van der Waals surface area contributed by atoms with E-state index in [2.05, 4.69) is 0 Å². The smallest absolute Gasteiger partial charge is 0.347 e. The number of aliphatic hydroxyl groups is 1. The molecule has 0 saturated heterocycles. The predicted octanol–water partition coefficient (Wildman–Crippen LogP) is 3.69. The van der Waals surface area contributed by atoms with Crippen molar-refractivity contribution in [3.63, 3.8) is 0 Å². The molecule has 1 aliphatic carbocycles. The van der Waals surface area contributed by atoms with Crippen LogP contribution in [0.1, 0.15) is 36.3 Å². The number of hydrogen-bond acceptors (Lipinski definition) is 1. The van der Waals surface area contributed by atoms with Crippen LogP contribution in [0, 0.1) is 0 Å². The van der Waals surface area contributed by atoms with E-state index in [0.29, 0.717) is 0 Å². The Labute approximate surface area is 104 Å². The van der Waals surface area contributed by atoms with Crippen molar-refractivity contribution in [1.29, 1.82) is 0 Å². The molecule has 0 heterocycles. The maximum Gasteiger partial charge on any atom is 0.347 e. The Morgan fingerprint density at radius 3 is 2.82 bits per heavy atom. The van der Waals surface area contributed by atoms with Crippen LogP contribution in [-0.2, 0) is 6.42 Å². The second-order valence-electron chi connectivity index (χ2n) is 4.58. The average Bonchev–Trinajstić information content (AvgIpc) is 2.28. The van der Waals surface area contributed by atoms with Gasteiger partial charge in [-0.25, -0.2) is 0 Å². The highest BCUT2D eigenvalue weighted by atomic mass is 35.5. The number of aryl methyl sites for hydroxylation is 1. The van der Waals surface area contributed by atoms with Gasteiger partial charge in [-0.15, -0.1) is 0 Å². The van der Waals surface area contributed by atoms with E-state index in [-0.39, 0.29) is 12.3 Å². The van der Waals surface area contributed by atoms with Crippen molar-refractivity contribution in [3.8, 4) is 0 Å². The van der Waals surface area contributed by atoms with Gasteiger partial charge in [0, 0.05) is 0 Å². The van der Waals surface area contributed by atoms with Gasteiger partial charge in [0.05, 0.1) is 0 Å². The number of hydrogen-bond donors (Lipinski definition) is 1. The summed E-state index contributed by atoms with van der Waals surface area (Å²) in [6, 6.07) is 7.83. The predicted molar refractivity (Wildman–Crippen MR) is 63.5 cm³/mol. The summed E-state index contributed by atoms with van der Waals surface area (Å²) >= 11 is 4.85. The molecule has 1 aromatic rings. The second kappa shape index (κ2) is 4.91. The maximum atomic E-state index is 12.8. The van der Waals surface area contributed by atoms with Crippen LogP contribution in [-0.4, -0.2) is 16.6 Å². The van der Waals surface area contributed by atoms with Crippen molar-refractivity contribution in [1.82, 2.24) is 0 Å². The summed E-state index contributed by atoms with van der Waals surface area (Å²) in [5.41, 5.74) is 2.28. The number of alkyl halides is 3. The van der Waals surface area contributed by atoms with E-state index in [1.807, 2.05) is 24.3 Å². The molecular weight excluding hydrogens is 246 g/mol. The Morgan fingerprint density at radius 2 is 2.12 bits per heavy atom. The molecule has 2 rings (SSSR count). The highest BCUT2D eigenvalue weighted by molar-refractivity contribution is 6.22. The number of rotatable bonds is 3. The zero-order valence-electron chi connectivity index (χ0n) is 9.37. The van der Waals surface area contributed by atoms with Gasteiger partial charge in [-0.05, 0) is 54.3 Å². The molecule has 2 atom stereocenters. The largest absolute Gasteiger partial charge is 0.385 e. The molecule has 2 unspecified atom stereocenters. The summed E-state index contributed by atoms with van der Waals surface area (Å²) in [6.45, 7) is 0. The lowest BCUT2D eigenvalue weighted by molar-refractivity contribution is -0.0480. The molecule has 0 spiro atoms. The minimum atomic E-state index is -3.54. The Hall–Kier alpha value is -0.670. The third-order valence-electron chi connectivity index (χ3n) is 3.38. The Balaban J connectivity index is 2.14. The first-order chi connectivity index (χ1) is 7.98. The number of halogens is 3. The molecule has 0 aromatic heterocycles. The fourth-order valence-electron chi connectivity index (χ4n) is 2.50. The summed E-state index contributed by atoms with van der Waals surface area (Å²) in [5.74, 6) is -0.0143. The van der Waals surface area contributed by atoms with Crippen molar-refractivity contribution >= 4 is 11.6 Å². The minimum Gasteiger partial charge on any atom is -0.385 e. The number of benzene rings is 1. The quantitative estimate of drug-likeness (QED) is 0.822. The molecule has 1 N–H and O–H groups in total. The summed E-state index contributed by atoms with van der Waals surface area (Å²) in [5, 5.41) is 5.85. The van der Waals surface area contributed by atoms with E-state index in [4.69, 9.17) is 11.6 Å². The fourth-order valence-corrected chi connectivity index (χ4v) is 2.59. The van der Waals surface area contributed by atoms with Gasteiger partial charge in [0.1, 0.15) is 6.10 Å². The van der Waals surface area contributed by atoms with Crippen LogP contribution in [0.3, 0.4) is 0 Å². The van der Waals surface area contributed by atoms with Crippen LogP contribution < -0.4 is 0 Å². The SMILES string of the molecule is OC(CC1CCCc2ccccc21)C(F)(F)Cl. The third-order valence-corrected chi connectivity index (χ3v) is 3.63. The minimum absolute atomic E-state index is 0.0143. The summed E-state index contributed by atoms with van der Waals surface area (Å²) < 4.78 is 25.5. The molecule has 0 fully saturated rings. The monoisotopic (exact) mass is 260 g/mol. The summed E-state index contributed by atoms with van der Waals surface area (Å²) in [4.78, 5) is 0. The summed E-state index contributed by atoms with van der Waals surface area (Å²) in [6.07, 6.45) is 1.04. The van der Waals surface area contributed by atoms with E-state index in [1.54, 1.807) is 0 Å². The third kappa shape index (κ3) is 2.96. The van der Waals surface area contributed by atoms with Crippen molar-refractivity contribution in [2.75, 3.05) is 0 Å². The highest BCUT2D eigenvalue weighted by Crippen LogP contribution is 2.38. The molecule has 0 radical (unpaired) electrons. The van der Waals surface area contributed by atoms with Gasteiger partial charge in [0.25, 0.3) is 0 Å². The van der Waals surface area contributed by atoms with Crippen LogP contribution in [0.2, 0.25) is 0 Å². The molecule has 94 valence electrons. The van der Waals surface area contributed by atoms with Gasteiger partial charge in [-0.3, -0.25) is 0 Å². The molecular formula is C13H15ClF2O. The normalized spacial score (nSPS) is 22.0. The van der Waals surface area contributed by atoms with Gasteiger partial charge in [-0.1, -0.05) is 24.3 Å². The first-order valence-corrected chi connectivity index (χ1v) is 6.19. The molecule has 0 saturated carbocycles. The maximum absolute atomic E-state index is 12.8. The van der Waals surface area contributed by atoms with E-state index < -0.39 is 11.5 Å². The Bertz CT molecular complexity index is 389. The van der Waals surface area contributed by atoms with Crippen molar-refractivity contribution in [2.24, 2.45) is 0 Å². The number of aliphatic hydroxyl groups excluding tert-OH is 1. The van der Waals surface area contributed by atoms with Gasteiger partial charge >= 0.3 is 5.38 Å². The molecule has 1 aromatic carbocycles. The van der Waals surface area contributed by atoms with E-state index >= 15 is 0 Å². The van der Waals surface area contributed by atoms with Crippen molar-refractivity contribution in [2.45, 2.75) is 43.1 Å². The first-order valence-electron chi connectivity index (χ1n) is 5.81. The molecule has 0 aliphatic heterocycles. The molecule has 0 bridgehead atoms. The Kier molecular flexibility index (Phi) is 3.69. The molecule has 1 aliphatic rings. The topological polar surface area (TPSA) is 20.2 Å². The van der Waals surface area contributed by atoms with Crippen LogP contribution >= 0.6 is 11.6 Å². The lowest BCUT2D eigenvalue weighted by Gasteiger charge is -2.28. The second-order valence-corrected chi connectivity index (χ2v) is 5.09. The first kappa shape index (κ1) is 12.8. The van der Waals surface area contributed by atoms with Gasteiger partial charge in [-0.2, -0.15) is 8.78 Å². The van der Waals surface area contributed by atoms with Gasteiger partial charge in [0.15, 0.2) is 0 Å². The Morgan fingerprint density at radius 1 is 1.41 bits per heavy atom. The average molecular weight is 261 g/mol. The van der Waals surface area contributed by atoms with Crippen LogP contribution in [0.15, 0.2) is 24.3 Å². The van der Waals surface area contributed by atoms with Crippen molar-refractivity contribution < 1.29 is 13.9 Å². The summed E-state index contributed by atoms with van der Waals surface area (Å²) in [7, 11) is 0. The fraction of sp³-hybridized carbons (Fsp3) is 0.538. The zero-order valence-corrected chi connectivity index (χ0v) is 10.1. The lowest BCUT2D eigenvalue weighted by atomic mass is 9.80.